The van der Waals surface area contributed by atoms with Crippen molar-refractivity contribution in [3.8, 4) is 0 Å². The molecule has 0 saturated carbocycles. The van der Waals surface area contributed by atoms with Crippen LogP contribution in [0.25, 0.3) is 11.0 Å². The third-order valence-electron chi connectivity index (χ3n) is 4.82. The quantitative estimate of drug-likeness (QED) is 0.783. The van der Waals surface area contributed by atoms with Crippen molar-refractivity contribution in [1.29, 1.82) is 0 Å². The maximum absolute atomic E-state index is 13.0. The summed E-state index contributed by atoms with van der Waals surface area (Å²) in [7, 11) is 3.20. The second kappa shape index (κ2) is 6.80. The first kappa shape index (κ1) is 19.6. The molecular formula is C19H24ClN3O4. The van der Waals surface area contributed by atoms with Crippen molar-refractivity contribution >= 4 is 28.7 Å². The second-order valence-corrected chi connectivity index (χ2v) is 8.21. The average Bonchev–Trinajstić information content (AvgIpc) is 3.03. The number of amides is 1. The Kier molecular flexibility index (Phi) is 4.94. The molecule has 27 heavy (non-hydrogen) atoms. The van der Waals surface area contributed by atoms with E-state index >= 15 is 0 Å². The number of rotatable bonds is 2. The van der Waals surface area contributed by atoms with Gasteiger partial charge in [-0.3, -0.25) is 9.36 Å². The molecule has 0 aliphatic carbocycles. The number of ether oxygens (including phenoxy) is 2. The van der Waals surface area contributed by atoms with Crippen molar-refractivity contribution in [2.75, 3.05) is 20.2 Å². The van der Waals surface area contributed by atoms with Crippen LogP contribution in [-0.2, 0) is 22.1 Å². The highest BCUT2D eigenvalue weighted by Crippen LogP contribution is 2.36. The molecule has 2 aromatic rings. The van der Waals surface area contributed by atoms with Gasteiger partial charge in [0, 0.05) is 38.7 Å². The minimum atomic E-state index is -0.918. The van der Waals surface area contributed by atoms with Gasteiger partial charge in [0.2, 0.25) is 0 Å². The first-order chi connectivity index (χ1) is 12.6. The minimum absolute atomic E-state index is 0.217. The smallest absolute Gasteiger partial charge is 0.410 e. The lowest BCUT2D eigenvalue weighted by Gasteiger charge is -2.29. The van der Waals surface area contributed by atoms with E-state index in [1.165, 1.54) is 4.57 Å². The predicted molar refractivity (Wildman–Crippen MR) is 103 cm³/mol. The van der Waals surface area contributed by atoms with Gasteiger partial charge in [0.1, 0.15) is 16.8 Å². The van der Waals surface area contributed by atoms with Crippen molar-refractivity contribution in [2.45, 2.75) is 38.4 Å². The molecule has 0 aromatic carbocycles. The molecular weight excluding hydrogens is 370 g/mol. The van der Waals surface area contributed by atoms with Gasteiger partial charge in [0.05, 0.1) is 17.1 Å². The number of methoxy groups -OCH3 is 1. The van der Waals surface area contributed by atoms with Crippen LogP contribution < -0.4 is 5.56 Å². The molecule has 0 spiro atoms. The first-order valence-corrected chi connectivity index (χ1v) is 9.13. The van der Waals surface area contributed by atoms with E-state index in [0.717, 1.165) is 0 Å². The zero-order valence-electron chi connectivity index (χ0n) is 16.2. The van der Waals surface area contributed by atoms with E-state index in [2.05, 4.69) is 4.98 Å². The Morgan fingerprint density at radius 2 is 2.07 bits per heavy atom. The van der Waals surface area contributed by atoms with Crippen LogP contribution in [0.1, 0.15) is 32.8 Å². The molecule has 0 bridgehead atoms. The summed E-state index contributed by atoms with van der Waals surface area (Å²) in [4.78, 5) is 31.3. The Hall–Kier alpha value is -2.12. The summed E-state index contributed by atoms with van der Waals surface area (Å²) >= 11 is 6.32. The minimum Gasteiger partial charge on any atom is -0.444 e. The number of pyridine rings is 2. The molecule has 1 atom stereocenters. The van der Waals surface area contributed by atoms with Gasteiger partial charge < -0.3 is 14.4 Å². The van der Waals surface area contributed by atoms with Crippen LogP contribution in [0.3, 0.4) is 0 Å². The number of halogens is 1. The topological polar surface area (TPSA) is 73.7 Å². The lowest BCUT2D eigenvalue weighted by atomic mass is 9.93. The standard InChI is InChI=1S/C19H24ClN3O4/c1-18(2,3)27-17(25)23-9-7-19(11-23,26-5)13-10-12-14(20)6-8-21-15(12)22(4)16(13)24/h6,8,10H,7,9,11H2,1-5H3. The summed E-state index contributed by atoms with van der Waals surface area (Å²) in [5.74, 6) is 0. The van der Waals surface area contributed by atoms with Crippen LogP contribution in [-0.4, -0.2) is 46.3 Å². The lowest BCUT2D eigenvalue weighted by molar-refractivity contribution is -0.0140. The Bertz CT molecular complexity index is 950. The number of aryl methyl sites for hydroxylation is 1. The van der Waals surface area contributed by atoms with Crippen molar-refractivity contribution < 1.29 is 14.3 Å². The van der Waals surface area contributed by atoms with E-state index in [-0.39, 0.29) is 12.1 Å². The van der Waals surface area contributed by atoms with Gasteiger partial charge in [-0.2, -0.15) is 0 Å². The third-order valence-corrected chi connectivity index (χ3v) is 5.15. The zero-order valence-corrected chi connectivity index (χ0v) is 17.0. The predicted octanol–water partition coefficient (Wildman–Crippen LogP) is 3.07. The van der Waals surface area contributed by atoms with Crippen LogP contribution in [0.15, 0.2) is 23.1 Å². The Balaban J connectivity index is 2.04. The normalized spacial score (nSPS) is 20.3. The second-order valence-electron chi connectivity index (χ2n) is 7.80. The molecule has 1 amide bonds. The Labute approximate surface area is 162 Å². The van der Waals surface area contributed by atoms with Crippen molar-refractivity contribution in [3.63, 3.8) is 0 Å². The first-order valence-electron chi connectivity index (χ1n) is 8.76. The van der Waals surface area contributed by atoms with E-state index in [4.69, 9.17) is 21.1 Å². The number of carbonyl (C=O) groups excluding carboxylic acids is 1. The molecule has 3 rings (SSSR count). The summed E-state index contributed by atoms with van der Waals surface area (Å²) in [6, 6.07) is 3.41. The summed E-state index contributed by atoms with van der Waals surface area (Å²) in [6.45, 7) is 6.12. The van der Waals surface area contributed by atoms with Crippen LogP contribution in [0, 0.1) is 0 Å². The summed E-state index contributed by atoms with van der Waals surface area (Å²) in [6.07, 6.45) is 1.63. The summed E-state index contributed by atoms with van der Waals surface area (Å²) in [5.41, 5.74) is -0.761. The Morgan fingerprint density at radius 1 is 1.37 bits per heavy atom. The maximum Gasteiger partial charge on any atom is 0.410 e. The SMILES string of the molecule is COC1(c2cc3c(Cl)ccnc3n(C)c2=O)CCN(C(=O)OC(C)(C)C)C1. The number of likely N-dealkylation sites (tertiary alicyclic amines) is 1. The number of hydrogen-bond donors (Lipinski definition) is 0. The summed E-state index contributed by atoms with van der Waals surface area (Å²) in [5, 5.41) is 1.17. The van der Waals surface area contributed by atoms with E-state index in [1.54, 1.807) is 37.4 Å². The molecule has 3 heterocycles. The molecule has 1 fully saturated rings. The molecule has 0 radical (unpaired) electrons. The number of carbonyl (C=O) groups is 1. The molecule has 7 nitrogen and oxygen atoms in total. The van der Waals surface area contributed by atoms with E-state index in [0.29, 0.717) is 34.6 Å². The molecule has 1 saturated heterocycles. The van der Waals surface area contributed by atoms with Crippen molar-refractivity contribution in [3.05, 3.63) is 39.3 Å². The molecule has 8 heteroatoms. The average molecular weight is 394 g/mol. The third kappa shape index (κ3) is 3.53. The maximum atomic E-state index is 13.0. The monoisotopic (exact) mass is 393 g/mol. The number of hydrogen-bond acceptors (Lipinski definition) is 5. The van der Waals surface area contributed by atoms with E-state index < -0.39 is 17.3 Å². The van der Waals surface area contributed by atoms with Crippen LogP contribution in [0.4, 0.5) is 4.79 Å². The van der Waals surface area contributed by atoms with Gasteiger partial charge in [0.15, 0.2) is 0 Å². The highest BCUT2D eigenvalue weighted by molar-refractivity contribution is 6.35. The molecule has 0 N–H and O–H groups in total. The van der Waals surface area contributed by atoms with Gasteiger partial charge in [0.25, 0.3) is 5.56 Å². The molecule has 1 aliphatic rings. The lowest BCUT2D eigenvalue weighted by Crippen LogP contribution is -2.42. The van der Waals surface area contributed by atoms with Crippen LogP contribution >= 0.6 is 11.6 Å². The number of fused-ring (bicyclic) bond motifs is 1. The fraction of sp³-hybridized carbons (Fsp3) is 0.526. The van der Waals surface area contributed by atoms with Crippen molar-refractivity contribution in [1.82, 2.24) is 14.5 Å². The highest BCUT2D eigenvalue weighted by atomic mass is 35.5. The molecule has 2 aromatic heterocycles. The van der Waals surface area contributed by atoms with Gasteiger partial charge in [-0.1, -0.05) is 11.6 Å². The molecule has 1 aliphatic heterocycles. The van der Waals surface area contributed by atoms with Gasteiger partial charge in [-0.05, 0) is 32.9 Å². The largest absolute Gasteiger partial charge is 0.444 e. The number of nitrogens with zero attached hydrogens (tertiary/aromatic N) is 3. The van der Waals surface area contributed by atoms with Crippen LogP contribution in [0.5, 0.6) is 0 Å². The fourth-order valence-electron chi connectivity index (χ4n) is 3.41. The summed E-state index contributed by atoms with van der Waals surface area (Å²) < 4.78 is 12.7. The molecule has 146 valence electrons. The Morgan fingerprint density at radius 3 is 2.70 bits per heavy atom. The van der Waals surface area contributed by atoms with Gasteiger partial charge in [-0.25, -0.2) is 9.78 Å². The fourth-order valence-corrected chi connectivity index (χ4v) is 3.61. The molecule has 1 unspecified atom stereocenters. The van der Waals surface area contributed by atoms with Gasteiger partial charge >= 0.3 is 6.09 Å². The van der Waals surface area contributed by atoms with Crippen molar-refractivity contribution in [2.24, 2.45) is 7.05 Å². The van der Waals surface area contributed by atoms with E-state index in [9.17, 15) is 9.59 Å². The highest BCUT2D eigenvalue weighted by Gasteiger charge is 2.45. The van der Waals surface area contributed by atoms with E-state index in [1.807, 2.05) is 20.8 Å². The zero-order chi connectivity index (χ0) is 20.0. The van der Waals surface area contributed by atoms with Gasteiger partial charge in [-0.15, -0.1) is 0 Å². The number of aromatic nitrogens is 2. The van der Waals surface area contributed by atoms with Crippen LogP contribution in [0.2, 0.25) is 5.02 Å².